The van der Waals surface area contributed by atoms with Crippen molar-refractivity contribution in [3.63, 3.8) is 0 Å². The van der Waals surface area contributed by atoms with Crippen molar-refractivity contribution < 1.29 is 19.4 Å². The number of ether oxygens (including phenoxy) is 2. The minimum Gasteiger partial charge on any atom is -0.493 e. The molecule has 94 valence electrons. The van der Waals surface area contributed by atoms with Crippen LogP contribution in [0.1, 0.15) is 24.2 Å². The van der Waals surface area contributed by atoms with Crippen LogP contribution in [0.25, 0.3) is 0 Å². The summed E-state index contributed by atoms with van der Waals surface area (Å²) in [6.45, 7) is 4.50. The zero-order valence-corrected chi connectivity index (χ0v) is 10.7. The number of benzene rings is 1. The van der Waals surface area contributed by atoms with E-state index in [1.807, 2.05) is 13.8 Å². The summed E-state index contributed by atoms with van der Waals surface area (Å²) in [6.07, 6.45) is 0. The standard InChI is InChI=1S/C12H15ClO4/c1-7(2)6-17-11-9(13)4-8(12(14)15)5-10(11)16-3/h4-5,7H,6H2,1-3H3,(H,14,15). The van der Waals surface area contributed by atoms with Crippen LogP contribution in [-0.2, 0) is 0 Å². The molecule has 0 spiro atoms. The molecule has 4 nitrogen and oxygen atoms in total. The van der Waals surface area contributed by atoms with Crippen LogP contribution in [0.3, 0.4) is 0 Å². The number of carboxylic acids is 1. The Morgan fingerprint density at radius 1 is 1.47 bits per heavy atom. The topological polar surface area (TPSA) is 55.8 Å². The van der Waals surface area contributed by atoms with E-state index in [4.69, 9.17) is 26.2 Å². The summed E-state index contributed by atoms with van der Waals surface area (Å²) in [7, 11) is 1.44. The summed E-state index contributed by atoms with van der Waals surface area (Å²) < 4.78 is 10.6. The number of carboxylic acid groups (broad SMARTS) is 1. The van der Waals surface area contributed by atoms with Crippen molar-refractivity contribution in [1.82, 2.24) is 0 Å². The molecule has 0 atom stereocenters. The predicted molar refractivity (Wildman–Crippen MR) is 65.3 cm³/mol. The molecule has 0 bridgehead atoms. The third kappa shape index (κ3) is 3.53. The van der Waals surface area contributed by atoms with Gasteiger partial charge in [0.05, 0.1) is 24.3 Å². The van der Waals surface area contributed by atoms with Gasteiger partial charge in [-0.05, 0) is 18.1 Å². The first-order valence-electron chi connectivity index (χ1n) is 5.19. The zero-order valence-electron chi connectivity index (χ0n) is 9.99. The highest BCUT2D eigenvalue weighted by molar-refractivity contribution is 6.32. The summed E-state index contributed by atoms with van der Waals surface area (Å²) >= 11 is 5.97. The van der Waals surface area contributed by atoms with Crippen molar-refractivity contribution in [2.24, 2.45) is 5.92 Å². The fraction of sp³-hybridized carbons (Fsp3) is 0.417. The quantitative estimate of drug-likeness (QED) is 0.882. The Balaban J connectivity index is 3.07. The van der Waals surface area contributed by atoms with Gasteiger partial charge in [-0.25, -0.2) is 4.79 Å². The van der Waals surface area contributed by atoms with Gasteiger partial charge in [0.15, 0.2) is 11.5 Å². The lowest BCUT2D eigenvalue weighted by Gasteiger charge is -2.14. The molecular formula is C12H15ClO4. The Hall–Kier alpha value is -1.42. The maximum Gasteiger partial charge on any atom is 0.335 e. The Kier molecular flexibility index (Phi) is 4.63. The second kappa shape index (κ2) is 5.77. The summed E-state index contributed by atoms with van der Waals surface area (Å²) in [5.41, 5.74) is 0.0729. The lowest BCUT2D eigenvalue weighted by Crippen LogP contribution is -2.07. The van der Waals surface area contributed by atoms with Gasteiger partial charge in [-0.1, -0.05) is 25.4 Å². The normalized spacial score (nSPS) is 10.4. The highest BCUT2D eigenvalue weighted by Crippen LogP contribution is 2.36. The summed E-state index contributed by atoms with van der Waals surface area (Å²) in [6, 6.07) is 2.74. The maximum atomic E-state index is 10.8. The maximum absolute atomic E-state index is 10.8. The van der Waals surface area contributed by atoms with Gasteiger partial charge in [0, 0.05) is 0 Å². The average Bonchev–Trinajstić information content (AvgIpc) is 2.25. The highest BCUT2D eigenvalue weighted by atomic mass is 35.5. The van der Waals surface area contributed by atoms with E-state index in [0.29, 0.717) is 24.0 Å². The molecule has 0 aliphatic heterocycles. The summed E-state index contributed by atoms with van der Waals surface area (Å²) in [5, 5.41) is 9.12. The first-order valence-corrected chi connectivity index (χ1v) is 5.57. The first kappa shape index (κ1) is 13.6. The molecule has 0 aliphatic carbocycles. The van der Waals surface area contributed by atoms with E-state index in [0.717, 1.165) is 0 Å². The molecule has 5 heteroatoms. The highest BCUT2D eigenvalue weighted by Gasteiger charge is 2.15. The average molecular weight is 259 g/mol. The molecule has 0 aromatic heterocycles. The van der Waals surface area contributed by atoms with Crippen molar-refractivity contribution in [3.05, 3.63) is 22.7 Å². The lowest BCUT2D eigenvalue weighted by atomic mass is 10.2. The van der Waals surface area contributed by atoms with Crippen LogP contribution in [0.15, 0.2) is 12.1 Å². The van der Waals surface area contributed by atoms with Gasteiger partial charge >= 0.3 is 5.97 Å². The fourth-order valence-corrected chi connectivity index (χ4v) is 1.50. The van der Waals surface area contributed by atoms with Crippen molar-refractivity contribution in [3.8, 4) is 11.5 Å². The molecule has 0 fully saturated rings. The van der Waals surface area contributed by atoms with Gasteiger partial charge in [-0.3, -0.25) is 0 Å². The van der Waals surface area contributed by atoms with Crippen LogP contribution in [0, 0.1) is 5.92 Å². The molecule has 0 aliphatic rings. The van der Waals surface area contributed by atoms with E-state index in [2.05, 4.69) is 0 Å². The molecule has 0 radical (unpaired) electrons. The van der Waals surface area contributed by atoms with E-state index in [9.17, 15) is 4.79 Å². The number of hydrogen-bond acceptors (Lipinski definition) is 3. The van der Waals surface area contributed by atoms with Crippen molar-refractivity contribution >= 4 is 17.6 Å². The number of carbonyl (C=O) groups is 1. The predicted octanol–water partition coefficient (Wildman–Crippen LogP) is 3.08. The largest absolute Gasteiger partial charge is 0.493 e. The van der Waals surface area contributed by atoms with Gasteiger partial charge in [0.25, 0.3) is 0 Å². The van der Waals surface area contributed by atoms with E-state index in [-0.39, 0.29) is 10.6 Å². The number of hydrogen-bond donors (Lipinski definition) is 1. The molecule has 1 rings (SSSR count). The molecule has 1 N–H and O–H groups in total. The molecule has 0 unspecified atom stereocenters. The van der Waals surface area contributed by atoms with Gasteiger partial charge in [0.2, 0.25) is 0 Å². The van der Waals surface area contributed by atoms with Gasteiger partial charge in [-0.15, -0.1) is 0 Å². The van der Waals surface area contributed by atoms with Gasteiger partial charge in [-0.2, -0.15) is 0 Å². The van der Waals surface area contributed by atoms with Gasteiger partial charge < -0.3 is 14.6 Å². The lowest BCUT2D eigenvalue weighted by molar-refractivity contribution is 0.0696. The van der Waals surface area contributed by atoms with E-state index < -0.39 is 5.97 Å². The molecule has 0 heterocycles. The van der Waals surface area contributed by atoms with Crippen LogP contribution in [0.2, 0.25) is 5.02 Å². The third-order valence-electron chi connectivity index (χ3n) is 2.04. The smallest absolute Gasteiger partial charge is 0.335 e. The molecule has 17 heavy (non-hydrogen) atoms. The van der Waals surface area contributed by atoms with Gasteiger partial charge in [0.1, 0.15) is 0 Å². The minimum absolute atomic E-state index is 0.0729. The molecular weight excluding hydrogens is 244 g/mol. The van der Waals surface area contributed by atoms with Crippen molar-refractivity contribution in [2.45, 2.75) is 13.8 Å². The van der Waals surface area contributed by atoms with Crippen LogP contribution >= 0.6 is 11.6 Å². The summed E-state index contributed by atoms with van der Waals surface area (Å²) in [5.74, 6) is -0.000973. The van der Waals surface area contributed by atoms with Crippen LogP contribution in [-0.4, -0.2) is 24.8 Å². The second-order valence-electron chi connectivity index (χ2n) is 4.00. The molecule has 1 aromatic carbocycles. The Morgan fingerprint density at radius 2 is 2.12 bits per heavy atom. The van der Waals surface area contributed by atoms with Crippen LogP contribution in [0.5, 0.6) is 11.5 Å². The van der Waals surface area contributed by atoms with E-state index >= 15 is 0 Å². The monoisotopic (exact) mass is 258 g/mol. The summed E-state index contributed by atoms with van der Waals surface area (Å²) in [4.78, 5) is 10.8. The number of methoxy groups -OCH3 is 1. The Labute approximate surface area is 105 Å². The van der Waals surface area contributed by atoms with Crippen LogP contribution in [0.4, 0.5) is 0 Å². The van der Waals surface area contributed by atoms with Crippen molar-refractivity contribution in [2.75, 3.05) is 13.7 Å². The fourth-order valence-electron chi connectivity index (χ4n) is 1.23. The number of rotatable bonds is 5. The van der Waals surface area contributed by atoms with Crippen LogP contribution < -0.4 is 9.47 Å². The van der Waals surface area contributed by atoms with E-state index in [1.54, 1.807) is 0 Å². The molecule has 0 amide bonds. The minimum atomic E-state index is -1.05. The first-order chi connectivity index (χ1) is 7.95. The molecule has 0 saturated carbocycles. The number of aromatic carboxylic acids is 1. The Bertz CT molecular complexity index is 415. The third-order valence-corrected chi connectivity index (χ3v) is 2.32. The molecule has 1 aromatic rings. The SMILES string of the molecule is COc1cc(C(=O)O)cc(Cl)c1OCC(C)C. The van der Waals surface area contributed by atoms with E-state index in [1.165, 1.54) is 19.2 Å². The van der Waals surface area contributed by atoms with Crippen molar-refractivity contribution in [1.29, 1.82) is 0 Å². The Morgan fingerprint density at radius 3 is 2.59 bits per heavy atom. The molecule has 0 saturated heterocycles. The second-order valence-corrected chi connectivity index (χ2v) is 4.41. The number of halogens is 1. The zero-order chi connectivity index (χ0) is 13.0.